The molecule has 0 unspecified atom stereocenters. The van der Waals surface area contributed by atoms with Crippen molar-refractivity contribution in [2.24, 2.45) is 0 Å². The van der Waals surface area contributed by atoms with Crippen LogP contribution in [0.5, 0.6) is 0 Å². The number of carbonyl (C=O) groups is 1. The van der Waals surface area contributed by atoms with Crippen molar-refractivity contribution in [1.82, 2.24) is 4.90 Å². The second-order valence-corrected chi connectivity index (χ2v) is 5.97. The van der Waals surface area contributed by atoms with Crippen LogP contribution in [0.25, 0.3) is 0 Å². The second-order valence-electron chi connectivity index (χ2n) is 5.97. The lowest BCUT2D eigenvalue weighted by atomic mass is 9.69. The first-order valence-corrected chi connectivity index (χ1v) is 7.28. The van der Waals surface area contributed by atoms with Crippen molar-refractivity contribution in [1.29, 1.82) is 0 Å². The highest BCUT2D eigenvalue weighted by atomic mass is 16.5. The van der Waals surface area contributed by atoms with Crippen LogP contribution in [0.3, 0.4) is 0 Å². The number of hydrogen-bond donors (Lipinski definition) is 0. The summed E-state index contributed by atoms with van der Waals surface area (Å²) < 4.78 is 10.8. The fourth-order valence-electron chi connectivity index (χ4n) is 4.18. The number of carbonyl (C=O) groups excluding carboxylic acids is 1. The molecule has 0 saturated carbocycles. The topological polar surface area (TPSA) is 38.8 Å². The molecule has 4 aliphatic rings. The first-order valence-electron chi connectivity index (χ1n) is 7.28. The van der Waals surface area contributed by atoms with E-state index in [1.165, 1.54) is 16.7 Å². The Balaban J connectivity index is 1.85. The molecule has 0 aromatic carbocycles. The summed E-state index contributed by atoms with van der Waals surface area (Å²) in [4.78, 5) is 14.3. The predicted octanol–water partition coefficient (Wildman–Crippen LogP) is 1.59. The van der Waals surface area contributed by atoms with Crippen LogP contribution in [0.1, 0.15) is 19.3 Å². The molecule has 0 bridgehead atoms. The van der Waals surface area contributed by atoms with Gasteiger partial charge < -0.3 is 9.47 Å². The van der Waals surface area contributed by atoms with E-state index in [2.05, 4.69) is 23.1 Å². The van der Waals surface area contributed by atoms with Gasteiger partial charge in [0.2, 0.25) is 0 Å². The molecule has 4 rings (SSSR count). The van der Waals surface area contributed by atoms with Gasteiger partial charge in [-0.1, -0.05) is 18.2 Å². The molecule has 3 aliphatic heterocycles. The van der Waals surface area contributed by atoms with Crippen molar-refractivity contribution in [2.45, 2.75) is 30.9 Å². The minimum Gasteiger partial charge on any atom is -0.461 e. The number of nitrogens with zero attached hydrogens (tertiary/aromatic N) is 1. The van der Waals surface area contributed by atoms with Gasteiger partial charge in [0.15, 0.2) is 0 Å². The van der Waals surface area contributed by atoms with E-state index in [0.717, 1.165) is 25.9 Å². The van der Waals surface area contributed by atoms with Crippen molar-refractivity contribution < 1.29 is 14.3 Å². The molecule has 3 heterocycles. The molecule has 0 N–H and O–H groups in total. The van der Waals surface area contributed by atoms with Crippen LogP contribution < -0.4 is 0 Å². The number of hydrogen-bond acceptors (Lipinski definition) is 4. The average Bonchev–Trinajstić information content (AvgIpc) is 2.86. The SMILES string of the molecule is CO[C@@H]1C=CC2=CCN3CCC4=C(CC(=O)OC4)[C@]23C1. The van der Waals surface area contributed by atoms with E-state index in [1.807, 2.05) is 0 Å². The Bertz CT molecular complexity index is 560. The Hall–Kier alpha value is -1.39. The number of methoxy groups -OCH3 is 1. The van der Waals surface area contributed by atoms with Crippen molar-refractivity contribution in [3.8, 4) is 0 Å². The van der Waals surface area contributed by atoms with Crippen molar-refractivity contribution >= 4 is 5.97 Å². The van der Waals surface area contributed by atoms with Crippen molar-refractivity contribution in [2.75, 3.05) is 26.8 Å². The third-order valence-corrected chi connectivity index (χ3v) is 5.18. The molecule has 4 heteroatoms. The fraction of sp³-hybridized carbons (Fsp3) is 0.562. The average molecular weight is 273 g/mol. The van der Waals surface area contributed by atoms with Gasteiger partial charge in [-0.25, -0.2) is 0 Å². The summed E-state index contributed by atoms with van der Waals surface area (Å²) in [6.07, 6.45) is 9.12. The van der Waals surface area contributed by atoms with Crippen LogP contribution >= 0.6 is 0 Å². The normalized spacial score (nSPS) is 36.1. The molecule has 0 aromatic rings. The highest BCUT2D eigenvalue weighted by molar-refractivity contribution is 5.76. The number of esters is 1. The van der Waals surface area contributed by atoms with Gasteiger partial charge in [-0.2, -0.15) is 0 Å². The highest BCUT2D eigenvalue weighted by Crippen LogP contribution is 2.50. The van der Waals surface area contributed by atoms with Gasteiger partial charge in [0.25, 0.3) is 0 Å². The zero-order chi connectivity index (χ0) is 13.7. The van der Waals surface area contributed by atoms with E-state index in [0.29, 0.717) is 13.0 Å². The Morgan fingerprint density at radius 2 is 2.40 bits per heavy atom. The summed E-state index contributed by atoms with van der Waals surface area (Å²) in [5.74, 6) is -0.0882. The number of cyclic esters (lactones) is 1. The molecule has 106 valence electrons. The molecule has 0 fully saturated rings. The molecule has 20 heavy (non-hydrogen) atoms. The van der Waals surface area contributed by atoms with Gasteiger partial charge >= 0.3 is 5.97 Å². The van der Waals surface area contributed by atoms with Crippen LogP contribution in [0.15, 0.2) is 34.9 Å². The van der Waals surface area contributed by atoms with Gasteiger partial charge in [-0.15, -0.1) is 0 Å². The van der Waals surface area contributed by atoms with Crippen LogP contribution in [0.4, 0.5) is 0 Å². The standard InChI is InChI=1S/C16H19NO3/c1-19-13-3-2-12-5-7-17-6-4-11-10-20-15(18)8-14(11)16(12,17)9-13/h2-3,5,13H,4,6-10H2,1H3/t13-,16+/m1/s1. The molecule has 0 amide bonds. The third kappa shape index (κ3) is 1.52. The summed E-state index contributed by atoms with van der Waals surface area (Å²) in [5.41, 5.74) is 3.85. The van der Waals surface area contributed by atoms with Crippen LogP contribution in [-0.4, -0.2) is 49.3 Å². The van der Waals surface area contributed by atoms with Crippen LogP contribution in [0.2, 0.25) is 0 Å². The zero-order valence-electron chi connectivity index (χ0n) is 11.7. The minimum absolute atomic E-state index is 0.0882. The van der Waals surface area contributed by atoms with Crippen molar-refractivity contribution in [3.05, 3.63) is 34.9 Å². The smallest absolute Gasteiger partial charge is 0.310 e. The van der Waals surface area contributed by atoms with Crippen LogP contribution in [0, 0.1) is 0 Å². The van der Waals surface area contributed by atoms with Gasteiger partial charge in [0, 0.05) is 26.6 Å². The maximum Gasteiger partial charge on any atom is 0.310 e. The number of ether oxygens (including phenoxy) is 2. The lowest BCUT2D eigenvalue weighted by Crippen LogP contribution is -2.55. The third-order valence-electron chi connectivity index (χ3n) is 5.18. The van der Waals surface area contributed by atoms with E-state index in [9.17, 15) is 4.79 Å². The van der Waals surface area contributed by atoms with Crippen molar-refractivity contribution in [3.63, 3.8) is 0 Å². The largest absolute Gasteiger partial charge is 0.461 e. The van der Waals surface area contributed by atoms with E-state index >= 15 is 0 Å². The Morgan fingerprint density at radius 3 is 3.25 bits per heavy atom. The van der Waals surface area contributed by atoms with Gasteiger partial charge in [0.05, 0.1) is 18.1 Å². The molecule has 0 aromatic heterocycles. The Kier molecular flexibility index (Phi) is 2.66. The van der Waals surface area contributed by atoms with Gasteiger partial charge in [0.1, 0.15) is 6.61 Å². The van der Waals surface area contributed by atoms with E-state index in [4.69, 9.17) is 9.47 Å². The maximum absolute atomic E-state index is 11.8. The zero-order valence-corrected chi connectivity index (χ0v) is 11.7. The first-order chi connectivity index (χ1) is 9.74. The van der Waals surface area contributed by atoms with E-state index in [1.54, 1.807) is 7.11 Å². The lowest BCUT2D eigenvalue weighted by molar-refractivity contribution is -0.143. The Morgan fingerprint density at radius 1 is 1.50 bits per heavy atom. The summed E-state index contributed by atoms with van der Waals surface area (Å²) in [5, 5.41) is 0. The van der Waals surface area contributed by atoms with Gasteiger partial charge in [-0.3, -0.25) is 9.69 Å². The molecule has 0 saturated heterocycles. The fourth-order valence-corrected chi connectivity index (χ4v) is 4.18. The quantitative estimate of drug-likeness (QED) is 0.537. The molecule has 1 spiro atoms. The molecule has 1 aliphatic carbocycles. The highest BCUT2D eigenvalue weighted by Gasteiger charge is 2.52. The second kappa shape index (κ2) is 4.30. The summed E-state index contributed by atoms with van der Waals surface area (Å²) >= 11 is 0. The lowest BCUT2D eigenvalue weighted by Gasteiger charge is -2.50. The first kappa shape index (κ1) is 12.4. The van der Waals surface area contributed by atoms with E-state index < -0.39 is 0 Å². The summed E-state index contributed by atoms with van der Waals surface area (Å²) in [6, 6.07) is 0. The molecular weight excluding hydrogens is 254 g/mol. The predicted molar refractivity (Wildman–Crippen MR) is 74.2 cm³/mol. The Labute approximate surface area is 118 Å². The maximum atomic E-state index is 11.8. The van der Waals surface area contributed by atoms with Gasteiger partial charge in [-0.05, 0) is 23.1 Å². The molecule has 0 radical (unpaired) electrons. The molecule has 2 atom stereocenters. The van der Waals surface area contributed by atoms with E-state index in [-0.39, 0.29) is 17.6 Å². The molecule has 4 nitrogen and oxygen atoms in total. The number of rotatable bonds is 1. The van der Waals surface area contributed by atoms with Crippen LogP contribution in [-0.2, 0) is 14.3 Å². The summed E-state index contributed by atoms with van der Waals surface area (Å²) in [7, 11) is 1.76. The monoisotopic (exact) mass is 273 g/mol. The molecular formula is C16H19NO3. The summed E-state index contributed by atoms with van der Waals surface area (Å²) in [6.45, 7) is 2.50. The minimum atomic E-state index is -0.109.